The average Bonchev–Trinajstić information content (AvgIpc) is 3.48. The summed E-state index contributed by atoms with van der Waals surface area (Å²) in [4.78, 5) is 44.7. The number of aromatic nitrogens is 5. The van der Waals surface area contributed by atoms with Crippen LogP contribution in [0.5, 0.6) is 5.75 Å². The number of amides is 1. The fraction of sp³-hybridized carbons (Fsp3) is 0.559. The van der Waals surface area contributed by atoms with Gasteiger partial charge in [0.25, 0.3) is 11.5 Å². The maximum Gasteiger partial charge on any atom is 0.333 e. The number of benzene rings is 1. The molecule has 3 aliphatic rings. The Balaban J connectivity index is 1.40. The van der Waals surface area contributed by atoms with Crippen molar-refractivity contribution >= 4 is 37.5 Å². The molecule has 1 N–H and O–H groups in total. The van der Waals surface area contributed by atoms with E-state index in [1.165, 1.54) is 60.9 Å². The van der Waals surface area contributed by atoms with Crippen molar-refractivity contribution in [2.75, 3.05) is 7.11 Å². The van der Waals surface area contributed by atoms with Gasteiger partial charge in [-0.15, -0.1) is 4.80 Å². The molecule has 1 aromatic carbocycles. The van der Waals surface area contributed by atoms with Gasteiger partial charge < -0.3 is 14.2 Å². The van der Waals surface area contributed by atoms with Gasteiger partial charge in [0.15, 0.2) is 0 Å². The maximum atomic E-state index is 14.9. The number of hydrogen-bond acceptors (Lipinski definition) is 11. The Kier molecular flexibility index (Phi) is 8.79. The molecule has 0 radical (unpaired) electrons. The van der Waals surface area contributed by atoms with E-state index in [1.807, 2.05) is 0 Å². The maximum absolute atomic E-state index is 14.9. The van der Waals surface area contributed by atoms with Gasteiger partial charge >= 0.3 is 5.69 Å². The van der Waals surface area contributed by atoms with Crippen LogP contribution >= 0.6 is 11.3 Å². The van der Waals surface area contributed by atoms with Crippen molar-refractivity contribution in [2.45, 2.75) is 108 Å². The molecular weight excluding hydrogens is 704 g/mol. The minimum absolute atomic E-state index is 0.0284. The molecule has 3 fully saturated rings. The number of thiophene rings is 1. The Morgan fingerprint density at radius 3 is 2.45 bits per heavy atom. The van der Waals surface area contributed by atoms with Crippen molar-refractivity contribution in [3.05, 3.63) is 68.4 Å². The topological polar surface area (TPSA) is 166 Å². The summed E-state index contributed by atoms with van der Waals surface area (Å²) in [6.45, 7) is 7.46. The second-order valence-corrected chi connectivity index (χ2v) is 17.7. The Morgan fingerprint density at radius 2 is 1.84 bits per heavy atom. The van der Waals surface area contributed by atoms with E-state index in [1.54, 1.807) is 20.8 Å². The summed E-state index contributed by atoms with van der Waals surface area (Å²) in [6.07, 6.45) is 5.19. The number of carbonyl (C=O) groups is 1. The standard InChI is InChI=1S/C34H41FN6O8S2/c1-18-16-34(18,5)51(45,46)38-31(43)33(3,4)40-28(42)27-19(2)29(41-36-11-12-37-41)50-30(27)39(32(40)44)17-26(24-13-20(35)7-10-25(24)47-6)49-23-14-21-8-9-22(15-23)48-21/h7,10-13,18,21-23,26H,8-9,14-17H2,1-6H3,(H,38,43)/t18?,21-,22+,23-,26-,34?/m0/s1. The van der Waals surface area contributed by atoms with E-state index < -0.39 is 49.4 Å². The van der Waals surface area contributed by atoms with Gasteiger partial charge in [0.1, 0.15) is 33.0 Å². The van der Waals surface area contributed by atoms with Crippen molar-refractivity contribution < 1.29 is 31.8 Å². The lowest BCUT2D eigenvalue weighted by molar-refractivity contribution is -0.126. The van der Waals surface area contributed by atoms with Gasteiger partial charge in [-0.05, 0) is 83.9 Å². The molecule has 2 aliphatic heterocycles. The third-order valence-corrected chi connectivity index (χ3v) is 14.4. The largest absolute Gasteiger partial charge is 0.496 e. The number of nitrogens with one attached hydrogen (secondary N) is 1. The minimum atomic E-state index is -4.15. The van der Waals surface area contributed by atoms with E-state index >= 15 is 0 Å². The van der Waals surface area contributed by atoms with Crippen molar-refractivity contribution in [2.24, 2.45) is 5.92 Å². The van der Waals surface area contributed by atoms with Crippen LogP contribution < -0.4 is 20.7 Å². The van der Waals surface area contributed by atoms with Crippen molar-refractivity contribution in [1.29, 1.82) is 0 Å². The van der Waals surface area contributed by atoms with Gasteiger partial charge in [-0.2, -0.15) is 10.2 Å². The van der Waals surface area contributed by atoms with E-state index in [4.69, 9.17) is 14.2 Å². The molecule has 4 aromatic rings. The zero-order chi connectivity index (χ0) is 36.6. The first-order chi connectivity index (χ1) is 24.1. The van der Waals surface area contributed by atoms with Gasteiger partial charge in [0.2, 0.25) is 10.0 Å². The van der Waals surface area contributed by atoms with Gasteiger partial charge in [0.05, 0.1) is 54.5 Å². The predicted molar refractivity (Wildman–Crippen MR) is 186 cm³/mol. The highest BCUT2D eigenvalue weighted by molar-refractivity contribution is 7.91. The van der Waals surface area contributed by atoms with Crippen molar-refractivity contribution in [3.8, 4) is 10.8 Å². The van der Waals surface area contributed by atoms with Crippen LogP contribution in [0.3, 0.4) is 0 Å². The Hall–Kier alpha value is -3.93. The molecule has 3 aromatic heterocycles. The monoisotopic (exact) mass is 744 g/mol. The summed E-state index contributed by atoms with van der Waals surface area (Å²) in [5.41, 5.74) is -2.84. The number of hydrogen-bond donors (Lipinski definition) is 1. The van der Waals surface area contributed by atoms with E-state index in [0.717, 1.165) is 28.7 Å². The Labute approximate surface area is 297 Å². The van der Waals surface area contributed by atoms with Gasteiger partial charge in [-0.3, -0.25) is 18.9 Å². The first kappa shape index (κ1) is 35.5. The molecule has 17 heteroatoms. The lowest BCUT2D eigenvalue weighted by Crippen LogP contribution is -2.57. The third kappa shape index (κ3) is 6.00. The number of sulfonamides is 1. The van der Waals surface area contributed by atoms with Gasteiger partial charge in [0, 0.05) is 11.1 Å². The fourth-order valence-corrected chi connectivity index (χ4v) is 10.3. The van der Waals surface area contributed by atoms with E-state index in [-0.39, 0.29) is 41.0 Å². The van der Waals surface area contributed by atoms with Crippen LogP contribution in [-0.2, 0) is 36.4 Å². The number of carbonyl (C=O) groups excluding carboxylic acids is 1. The molecule has 51 heavy (non-hydrogen) atoms. The van der Waals surface area contributed by atoms with Crippen LogP contribution in [0.4, 0.5) is 4.39 Å². The SMILES string of the molecule is COc1ccc(F)cc1[C@H](Cn1c(=O)n(C(C)(C)C(=O)NS(=O)(=O)C2(C)CC2C)c(=O)c2c(C)c(-n3nccn3)sc21)O[C@@H]1C[C@H]2CC[C@@H](C1)O2. The average molecular weight is 745 g/mol. The predicted octanol–water partition coefficient (Wildman–Crippen LogP) is 3.71. The molecule has 1 aliphatic carbocycles. The number of nitrogens with zero attached hydrogens (tertiary/aromatic N) is 5. The Morgan fingerprint density at radius 1 is 1.20 bits per heavy atom. The van der Waals surface area contributed by atoms with Gasteiger partial charge in [-0.1, -0.05) is 18.3 Å². The first-order valence-electron chi connectivity index (χ1n) is 16.9. The molecule has 6 atom stereocenters. The molecule has 1 amide bonds. The molecule has 14 nitrogen and oxygen atoms in total. The molecule has 7 rings (SSSR count). The molecule has 0 spiro atoms. The zero-order valence-corrected chi connectivity index (χ0v) is 30.8. The lowest BCUT2D eigenvalue weighted by atomic mass is 10.0. The van der Waals surface area contributed by atoms with Crippen molar-refractivity contribution in [3.63, 3.8) is 0 Å². The second-order valence-electron chi connectivity index (χ2n) is 14.5. The summed E-state index contributed by atoms with van der Waals surface area (Å²) >= 11 is 1.10. The number of fused-ring (bicyclic) bond motifs is 3. The van der Waals surface area contributed by atoms with E-state index in [0.29, 0.717) is 41.1 Å². The molecule has 2 saturated heterocycles. The molecule has 5 heterocycles. The van der Waals surface area contributed by atoms with Crippen LogP contribution in [0.2, 0.25) is 0 Å². The van der Waals surface area contributed by atoms with Crippen LogP contribution in [0.1, 0.15) is 77.0 Å². The summed E-state index contributed by atoms with van der Waals surface area (Å²) < 4.78 is 63.0. The van der Waals surface area contributed by atoms with Gasteiger partial charge in [-0.25, -0.2) is 22.2 Å². The van der Waals surface area contributed by atoms with Crippen LogP contribution in [0.25, 0.3) is 15.2 Å². The first-order valence-corrected chi connectivity index (χ1v) is 19.2. The minimum Gasteiger partial charge on any atom is -0.496 e. The third-order valence-electron chi connectivity index (χ3n) is 10.8. The summed E-state index contributed by atoms with van der Waals surface area (Å²) in [5, 5.41) is 9.04. The second kappa shape index (κ2) is 12.6. The zero-order valence-electron chi connectivity index (χ0n) is 29.2. The summed E-state index contributed by atoms with van der Waals surface area (Å²) in [7, 11) is -2.69. The van der Waals surface area contributed by atoms with Crippen LogP contribution in [-0.4, -0.2) is 68.6 Å². The number of rotatable bonds is 11. The van der Waals surface area contributed by atoms with E-state index in [2.05, 4.69) is 14.9 Å². The quantitative estimate of drug-likeness (QED) is 0.239. The highest BCUT2D eigenvalue weighted by Gasteiger charge is 2.58. The number of methoxy groups -OCH3 is 1. The normalized spacial score (nSPS) is 25.2. The number of aryl methyl sites for hydroxylation is 1. The molecule has 1 saturated carbocycles. The smallest absolute Gasteiger partial charge is 0.333 e. The summed E-state index contributed by atoms with van der Waals surface area (Å²) in [6, 6.07) is 4.05. The number of halogens is 1. The van der Waals surface area contributed by atoms with Crippen LogP contribution in [0.15, 0.2) is 40.2 Å². The molecule has 2 bridgehead atoms. The highest BCUT2D eigenvalue weighted by atomic mass is 32.2. The lowest BCUT2D eigenvalue weighted by Gasteiger charge is -2.33. The molecule has 274 valence electrons. The Bertz CT molecular complexity index is 2240. The molecule has 2 unspecified atom stereocenters. The molecular formula is C34H41FN6O8S2. The summed E-state index contributed by atoms with van der Waals surface area (Å²) in [5.74, 6) is -1.41. The van der Waals surface area contributed by atoms with Crippen molar-refractivity contribution in [1.82, 2.24) is 28.9 Å². The number of ether oxygens (including phenoxy) is 3. The van der Waals surface area contributed by atoms with E-state index in [9.17, 15) is 27.2 Å². The fourth-order valence-electron chi connectivity index (χ4n) is 7.38. The highest BCUT2D eigenvalue weighted by Crippen LogP contribution is 2.49. The van der Waals surface area contributed by atoms with Crippen LogP contribution in [0, 0.1) is 18.7 Å².